The Labute approximate surface area is 219 Å². The highest BCUT2D eigenvalue weighted by Crippen LogP contribution is 2.18. The van der Waals surface area contributed by atoms with Crippen molar-refractivity contribution < 1.29 is 49.0 Å². The summed E-state index contributed by atoms with van der Waals surface area (Å²) in [6.45, 7) is 9.92. The van der Waals surface area contributed by atoms with E-state index in [1.807, 2.05) is 66.1 Å². The zero-order valence-corrected chi connectivity index (χ0v) is 22.2. The molecule has 38 heavy (non-hydrogen) atoms. The molecule has 210 valence electrons. The van der Waals surface area contributed by atoms with Crippen LogP contribution in [0.4, 0.5) is 25.9 Å². The summed E-state index contributed by atoms with van der Waals surface area (Å²) in [6.07, 6.45) is 16.8. The molecule has 0 atom stereocenters. The first kappa shape index (κ1) is 39.1. The molecule has 1 aromatic heterocycles. The molecular weight excluding hydrogens is 520 g/mol. The number of aryl methyl sites for hydroxylation is 3. The van der Waals surface area contributed by atoms with Crippen molar-refractivity contribution in [3.05, 3.63) is 100 Å². The number of hydrogen-bond acceptors (Lipinski definition) is 1. The van der Waals surface area contributed by atoms with Gasteiger partial charge in [0.05, 0.1) is 13.8 Å². The Balaban J connectivity index is -0.000000539. The van der Waals surface area contributed by atoms with Gasteiger partial charge in [-0.3, -0.25) is 25.9 Å². The second-order valence-electron chi connectivity index (χ2n) is 7.78. The second kappa shape index (κ2) is 20.7. The van der Waals surface area contributed by atoms with Gasteiger partial charge in [-0.05, 0) is 61.8 Å². The van der Waals surface area contributed by atoms with Crippen LogP contribution in [-0.2, 0) is 4.74 Å². The number of ether oxygens (including phenoxy) is 1. The summed E-state index contributed by atoms with van der Waals surface area (Å²) in [5.41, 5.74) is 4.83. The third kappa shape index (κ3) is 20.8. The SMILES string of the molecule is CC1=CC(=CC=C2C=CC(=[N+](C)C)C=C2)C=C(C)O1.Cc1cc(C)[o+]c(C)c1.FB(F)F.FB(F)F.[F-].[F-]. The zero-order chi connectivity index (χ0) is 27.8. The van der Waals surface area contributed by atoms with Crippen molar-refractivity contribution in [1.29, 1.82) is 0 Å². The summed E-state index contributed by atoms with van der Waals surface area (Å²) >= 11 is 0. The van der Waals surface area contributed by atoms with Crippen LogP contribution in [0.5, 0.6) is 0 Å². The Morgan fingerprint density at radius 3 is 1.39 bits per heavy atom. The van der Waals surface area contributed by atoms with Crippen molar-refractivity contribution >= 4 is 20.8 Å². The molecular formula is C25H31B2F8NO2. The molecule has 2 heterocycles. The molecule has 0 amide bonds. The molecule has 0 saturated carbocycles. The van der Waals surface area contributed by atoms with Crippen LogP contribution in [0.15, 0.2) is 87.8 Å². The van der Waals surface area contributed by atoms with E-state index in [1.165, 1.54) is 16.8 Å². The largest absolute Gasteiger partial charge is 1.00 e. The Kier molecular flexibility index (Phi) is 21.3. The number of hydrogen-bond donors (Lipinski definition) is 0. The first-order chi connectivity index (χ1) is 16.7. The molecule has 0 N–H and O–H groups in total. The highest BCUT2D eigenvalue weighted by atomic mass is 19.4. The predicted octanol–water partition coefficient (Wildman–Crippen LogP) is 1.77. The normalized spacial score (nSPS) is 12.6. The molecule has 0 aromatic carbocycles. The fraction of sp³-hybridized carbons (Fsp3) is 0.280. The van der Waals surface area contributed by atoms with Crippen molar-refractivity contribution in [2.75, 3.05) is 14.1 Å². The van der Waals surface area contributed by atoms with Crippen LogP contribution in [-0.4, -0.2) is 39.5 Å². The summed E-state index contributed by atoms with van der Waals surface area (Å²) in [4.78, 5) is 0. The van der Waals surface area contributed by atoms with Crippen molar-refractivity contribution in [2.24, 2.45) is 0 Å². The van der Waals surface area contributed by atoms with Gasteiger partial charge in [-0.15, -0.1) is 0 Å². The topological polar surface area (TPSA) is 23.5 Å². The average Bonchev–Trinajstić information content (AvgIpc) is 2.70. The molecule has 0 unspecified atom stereocenters. The first-order valence-electron chi connectivity index (χ1n) is 10.8. The van der Waals surface area contributed by atoms with E-state index in [1.54, 1.807) is 0 Å². The highest BCUT2D eigenvalue weighted by molar-refractivity contribution is 6.33. The monoisotopic (exact) mass is 551 g/mol. The Hall–Kier alpha value is -3.37. The van der Waals surface area contributed by atoms with E-state index in [0.29, 0.717) is 0 Å². The van der Waals surface area contributed by atoms with Crippen LogP contribution in [0.3, 0.4) is 0 Å². The van der Waals surface area contributed by atoms with Gasteiger partial charge in [0.2, 0.25) is 0 Å². The fourth-order valence-electron chi connectivity index (χ4n) is 2.99. The summed E-state index contributed by atoms with van der Waals surface area (Å²) in [6, 6.07) is 4.04. The molecule has 0 bridgehead atoms. The van der Waals surface area contributed by atoms with E-state index >= 15 is 0 Å². The minimum Gasteiger partial charge on any atom is -1.00 e. The lowest BCUT2D eigenvalue weighted by Gasteiger charge is -2.11. The molecule has 0 spiro atoms. The van der Waals surface area contributed by atoms with Gasteiger partial charge < -0.3 is 14.1 Å². The predicted molar refractivity (Wildman–Crippen MR) is 136 cm³/mol. The van der Waals surface area contributed by atoms with Crippen molar-refractivity contribution in [1.82, 2.24) is 0 Å². The molecule has 13 heteroatoms. The van der Waals surface area contributed by atoms with Crippen LogP contribution in [0.25, 0.3) is 0 Å². The van der Waals surface area contributed by atoms with E-state index in [0.717, 1.165) is 28.6 Å². The Bertz CT molecular complexity index is 975. The maximum atomic E-state index is 9.67. The van der Waals surface area contributed by atoms with Gasteiger partial charge in [0.15, 0.2) is 5.71 Å². The van der Waals surface area contributed by atoms with E-state index in [4.69, 9.17) is 9.15 Å². The summed E-state index contributed by atoms with van der Waals surface area (Å²) in [5, 5.41) is 0. The van der Waals surface area contributed by atoms with Gasteiger partial charge in [-0.25, -0.2) is 8.99 Å². The third-order valence-corrected chi connectivity index (χ3v) is 4.12. The Morgan fingerprint density at radius 1 is 0.684 bits per heavy atom. The van der Waals surface area contributed by atoms with Gasteiger partial charge >= 0.3 is 26.6 Å². The third-order valence-electron chi connectivity index (χ3n) is 4.12. The lowest BCUT2D eigenvalue weighted by molar-refractivity contribution is -0.462. The maximum absolute atomic E-state index is 9.67. The van der Waals surface area contributed by atoms with Gasteiger partial charge in [0.1, 0.15) is 25.6 Å². The smallest absolute Gasteiger partial charge is 0.762 e. The van der Waals surface area contributed by atoms with E-state index in [9.17, 15) is 25.9 Å². The van der Waals surface area contributed by atoms with Crippen LogP contribution in [0.1, 0.15) is 30.9 Å². The second-order valence-corrected chi connectivity index (χ2v) is 7.78. The summed E-state index contributed by atoms with van der Waals surface area (Å²) in [5.74, 6) is 3.82. The first-order valence-corrected chi connectivity index (χ1v) is 10.8. The van der Waals surface area contributed by atoms with Crippen molar-refractivity contribution in [3.8, 4) is 0 Å². The van der Waals surface area contributed by atoms with E-state index in [-0.39, 0.29) is 9.41 Å². The fourth-order valence-corrected chi connectivity index (χ4v) is 2.99. The van der Waals surface area contributed by atoms with Crippen molar-refractivity contribution in [3.63, 3.8) is 0 Å². The molecule has 0 fully saturated rings. The molecule has 1 aliphatic heterocycles. The average molecular weight is 551 g/mol. The molecule has 1 aromatic rings. The molecule has 0 saturated heterocycles. The summed E-state index contributed by atoms with van der Waals surface area (Å²) in [7, 11) is -3.24. The molecule has 3 rings (SSSR count). The number of halogens is 8. The van der Waals surface area contributed by atoms with E-state index in [2.05, 4.69) is 48.0 Å². The lowest BCUT2D eigenvalue weighted by Crippen LogP contribution is -3.00. The van der Waals surface area contributed by atoms with Crippen LogP contribution >= 0.6 is 0 Å². The highest BCUT2D eigenvalue weighted by Gasteiger charge is 2.07. The minimum atomic E-state index is -3.67. The molecule has 3 nitrogen and oxygen atoms in total. The Morgan fingerprint density at radius 2 is 1.05 bits per heavy atom. The van der Waals surface area contributed by atoms with Gasteiger partial charge in [-0.2, -0.15) is 0 Å². The summed E-state index contributed by atoms with van der Waals surface area (Å²) < 4.78 is 70.8. The quantitative estimate of drug-likeness (QED) is 0.230. The number of nitrogens with zero attached hydrogens (tertiary/aromatic N) is 1. The van der Waals surface area contributed by atoms with Crippen LogP contribution < -0.4 is 9.41 Å². The zero-order valence-electron chi connectivity index (χ0n) is 22.2. The van der Waals surface area contributed by atoms with Gasteiger partial charge in [0.25, 0.3) is 0 Å². The van der Waals surface area contributed by atoms with Crippen molar-refractivity contribution in [2.45, 2.75) is 34.6 Å². The van der Waals surface area contributed by atoms with Gasteiger partial charge in [-0.1, -0.05) is 12.2 Å². The molecule has 2 aliphatic rings. The lowest BCUT2D eigenvalue weighted by atomic mass is 10.1. The number of rotatable bonds is 1. The van der Waals surface area contributed by atoms with E-state index < -0.39 is 15.1 Å². The molecule has 1 aliphatic carbocycles. The number of allylic oxidation sites excluding steroid dienone is 12. The van der Waals surface area contributed by atoms with Crippen LogP contribution in [0, 0.1) is 20.8 Å². The standard InChI is InChI=1S/C17H20NO.C8H11O.2BF3.2FH/c1-13-11-16(12-14(2)19-13)6-5-15-7-9-17(10-8-15)18(3)4;1-6-4-7(2)9-8(3)5-6;2*2-1(3)4;;/h5-12H,1-4H3;4-5H,1-3H3;;;2*1H/q2*+1;;;;/p-2. The van der Waals surface area contributed by atoms with Crippen LogP contribution in [0.2, 0.25) is 0 Å². The maximum Gasteiger partial charge on any atom is 0.762 e. The van der Waals surface area contributed by atoms with Gasteiger partial charge in [0, 0.05) is 24.3 Å². The minimum absolute atomic E-state index is 0. The molecule has 0 radical (unpaired) electrons.